The maximum atomic E-state index is 13.4. The number of benzene rings is 1. The van der Waals surface area contributed by atoms with Gasteiger partial charge in [-0.3, -0.25) is 14.9 Å². The van der Waals surface area contributed by atoms with Gasteiger partial charge in [0, 0.05) is 38.9 Å². The highest BCUT2D eigenvalue weighted by Crippen LogP contribution is 2.35. The van der Waals surface area contributed by atoms with Gasteiger partial charge in [0.25, 0.3) is 0 Å². The quantitative estimate of drug-likeness (QED) is 0.400. The van der Waals surface area contributed by atoms with E-state index in [1.54, 1.807) is 48.3 Å². The van der Waals surface area contributed by atoms with Crippen molar-refractivity contribution in [3.63, 3.8) is 0 Å². The Hall–Kier alpha value is -4.41. The number of nitrogens with one attached hydrogen (secondary N) is 1. The SMILES string of the molecule is CN1CCCN(C(=O)Nc2cccc(-c3ccnn3C)n2)c2nc(-c3cccc(C(F)(F)F)c3)ccc21. The van der Waals surface area contributed by atoms with Gasteiger partial charge in [0.1, 0.15) is 5.82 Å². The van der Waals surface area contributed by atoms with E-state index in [-0.39, 0.29) is 0 Å². The van der Waals surface area contributed by atoms with E-state index in [0.717, 1.165) is 17.8 Å². The second-order valence-electron chi connectivity index (χ2n) is 8.72. The summed E-state index contributed by atoms with van der Waals surface area (Å²) in [6, 6.07) is 15.2. The van der Waals surface area contributed by atoms with Crippen molar-refractivity contribution < 1.29 is 18.0 Å². The first kappa shape index (κ1) is 24.3. The highest BCUT2D eigenvalue weighted by atomic mass is 19.4. The molecule has 11 heteroatoms. The van der Waals surface area contributed by atoms with E-state index in [2.05, 4.69) is 20.4 Å². The number of amides is 2. The Morgan fingerprint density at radius 2 is 1.76 bits per heavy atom. The molecule has 0 bridgehead atoms. The van der Waals surface area contributed by atoms with E-state index in [4.69, 9.17) is 0 Å². The fraction of sp³-hybridized carbons (Fsp3) is 0.231. The molecule has 0 atom stereocenters. The third kappa shape index (κ3) is 4.97. The van der Waals surface area contributed by atoms with Gasteiger partial charge in [-0.15, -0.1) is 0 Å². The average Bonchev–Trinajstić information content (AvgIpc) is 3.24. The largest absolute Gasteiger partial charge is 0.416 e. The number of halogens is 3. The summed E-state index contributed by atoms with van der Waals surface area (Å²) in [5, 5.41) is 7.00. The molecule has 0 spiro atoms. The molecule has 0 aliphatic carbocycles. The monoisotopic (exact) mass is 507 g/mol. The zero-order chi connectivity index (χ0) is 26.2. The van der Waals surface area contributed by atoms with Crippen LogP contribution in [0.15, 0.2) is 66.9 Å². The maximum absolute atomic E-state index is 13.4. The number of fused-ring (bicyclic) bond motifs is 1. The van der Waals surface area contributed by atoms with E-state index in [1.807, 2.05) is 24.1 Å². The van der Waals surface area contributed by atoms with Gasteiger partial charge in [-0.25, -0.2) is 14.8 Å². The van der Waals surface area contributed by atoms with Crippen molar-refractivity contribution in [1.82, 2.24) is 19.7 Å². The molecule has 5 rings (SSSR count). The molecule has 4 aromatic rings. The first-order valence-electron chi connectivity index (χ1n) is 11.6. The number of alkyl halides is 3. The lowest BCUT2D eigenvalue weighted by atomic mass is 10.1. The molecular weight excluding hydrogens is 483 g/mol. The summed E-state index contributed by atoms with van der Waals surface area (Å²) in [6.45, 7) is 1.07. The molecule has 37 heavy (non-hydrogen) atoms. The van der Waals surface area contributed by atoms with Crippen LogP contribution in [0.4, 0.5) is 35.3 Å². The molecule has 0 radical (unpaired) electrons. The number of aryl methyl sites for hydroxylation is 1. The Morgan fingerprint density at radius 3 is 2.51 bits per heavy atom. The van der Waals surface area contributed by atoms with Gasteiger partial charge in [-0.2, -0.15) is 18.3 Å². The van der Waals surface area contributed by atoms with E-state index < -0.39 is 17.8 Å². The second-order valence-corrected chi connectivity index (χ2v) is 8.72. The lowest BCUT2D eigenvalue weighted by molar-refractivity contribution is -0.137. The van der Waals surface area contributed by atoms with Crippen LogP contribution >= 0.6 is 0 Å². The van der Waals surface area contributed by atoms with Crippen molar-refractivity contribution in [2.45, 2.75) is 12.6 Å². The molecular formula is C26H24F3N7O. The Labute approximate surface area is 211 Å². The van der Waals surface area contributed by atoms with Crippen LogP contribution in [0, 0.1) is 0 Å². The fourth-order valence-electron chi connectivity index (χ4n) is 4.29. The summed E-state index contributed by atoms with van der Waals surface area (Å²) in [4.78, 5) is 26.1. The first-order valence-corrected chi connectivity index (χ1v) is 11.6. The summed E-state index contributed by atoms with van der Waals surface area (Å²) in [6.07, 6.45) is -2.12. The van der Waals surface area contributed by atoms with Gasteiger partial charge in [-0.05, 0) is 48.9 Å². The van der Waals surface area contributed by atoms with Crippen molar-refractivity contribution in [3.8, 4) is 22.6 Å². The summed E-state index contributed by atoms with van der Waals surface area (Å²) in [5.41, 5.74) is 2.06. The van der Waals surface area contributed by atoms with E-state index in [9.17, 15) is 18.0 Å². The molecule has 190 valence electrons. The molecule has 1 N–H and O–H groups in total. The predicted octanol–water partition coefficient (Wildman–Crippen LogP) is 5.44. The van der Waals surface area contributed by atoms with Crippen LogP contribution in [0.25, 0.3) is 22.6 Å². The molecule has 0 saturated carbocycles. The number of carbonyl (C=O) groups excluding carboxylic acids is 1. The molecule has 1 aromatic carbocycles. The minimum absolute atomic E-state index is 0.315. The average molecular weight is 508 g/mol. The zero-order valence-corrected chi connectivity index (χ0v) is 20.2. The third-order valence-corrected chi connectivity index (χ3v) is 6.19. The Balaban J connectivity index is 1.48. The number of hydrogen-bond acceptors (Lipinski definition) is 5. The smallest absolute Gasteiger partial charge is 0.372 e. The maximum Gasteiger partial charge on any atom is 0.416 e. The molecule has 1 aliphatic rings. The number of carbonyl (C=O) groups is 1. The highest BCUT2D eigenvalue weighted by molar-refractivity contribution is 6.03. The van der Waals surface area contributed by atoms with Crippen LogP contribution in [0.1, 0.15) is 12.0 Å². The molecule has 0 fully saturated rings. The van der Waals surface area contributed by atoms with Gasteiger partial charge in [-0.1, -0.05) is 18.2 Å². The van der Waals surface area contributed by atoms with Gasteiger partial charge in [0.05, 0.1) is 28.3 Å². The molecule has 2 amide bonds. The van der Waals surface area contributed by atoms with E-state index in [0.29, 0.717) is 53.8 Å². The topological polar surface area (TPSA) is 79.2 Å². The third-order valence-electron chi connectivity index (χ3n) is 6.19. The second kappa shape index (κ2) is 9.57. The summed E-state index contributed by atoms with van der Waals surface area (Å²) < 4.78 is 41.5. The number of nitrogens with zero attached hydrogens (tertiary/aromatic N) is 6. The van der Waals surface area contributed by atoms with Crippen LogP contribution < -0.4 is 15.1 Å². The number of urea groups is 1. The van der Waals surface area contributed by atoms with Crippen LogP contribution in [0.5, 0.6) is 0 Å². The summed E-state index contributed by atoms with van der Waals surface area (Å²) in [7, 11) is 3.70. The Morgan fingerprint density at radius 1 is 0.946 bits per heavy atom. The molecule has 8 nitrogen and oxygen atoms in total. The standard InChI is InChI=1S/C26H24F3N7O/c1-34-14-5-15-36(25(37)33-23-9-4-8-20(31-23)21-12-13-30-35(21)2)24-22(34)11-10-19(32-24)17-6-3-7-18(16-17)26(27,28)29/h3-4,6-13,16H,5,14-15H2,1-2H3,(H,31,33,37). The van der Waals surface area contributed by atoms with E-state index in [1.165, 1.54) is 11.0 Å². The Kier molecular flexibility index (Phi) is 6.28. The Bertz CT molecular complexity index is 1450. The van der Waals surface area contributed by atoms with Crippen molar-refractivity contribution >= 4 is 23.4 Å². The number of anilines is 3. The van der Waals surface area contributed by atoms with Crippen molar-refractivity contribution in [1.29, 1.82) is 0 Å². The van der Waals surface area contributed by atoms with Gasteiger partial charge < -0.3 is 4.90 Å². The first-order chi connectivity index (χ1) is 17.7. The number of hydrogen-bond donors (Lipinski definition) is 1. The van der Waals surface area contributed by atoms with E-state index >= 15 is 0 Å². The molecule has 4 heterocycles. The van der Waals surface area contributed by atoms with Gasteiger partial charge in [0.15, 0.2) is 5.82 Å². The minimum atomic E-state index is -4.47. The molecule has 3 aromatic heterocycles. The van der Waals surface area contributed by atoms with Crippen molar-refractivity contribution in [2.24, 2.45) is 7.05 Å². The highest BCUT2D eigenvalue weighted by Gasteiger charge is 2.31. The normalized spacial score (nSPS) is 13.8. The molecule has 0 saturated heterocycles. The lowest BCUT2D eigenvalue weighted by Crippen LogP contribution is -2.36. The lowest BCUT2D eigenvalue weighted by Gasteiger charge is -2.24. The molecule has 0 unspecified atom stereocenters. The zero-order valence-electron chi connectivity index (χ0n) is 20.2. The number of pyridine rings is 2. The van der Waals surface area contributed by atoms with Crippen molar-refractivity contribution in [3.05, 3.63) is 72.4 Å². The summed E-state index contributed by atoms with van der Waals surface area (Å²) >= 11 is 0. The number of rotatable bonds is 3. The van der Waals surface area contributed by atoms with Crippen molar-refractivity contribution in [2.75, 3.05) is 35.3 Å². The minimum Gasteiger partial charge on any atom is -0.372 e. The van der Waals surface area contributed by atoms with Gasteiger partial charge in [0.2, 0.25) is 0 Å². The van der Waals surface area contributed by atoms with Crippen LogP contribution in [0.2, 0.25) is 0 Å². The van der Waals surface area contributed by atoms with Crippen LogP contribution in [0.3, 0.4) is 0 Å². The number of aromatic nitrogens is 4. The fourth-order valence-corrected chi connectivity index (χ4v) is 4.29. The predicted molar refractivity (Wildman–Crippen MR) is 135 cm³/mol. The van der Waals surface area contributed by atoms with Crippen LogP contribution in [-0.2, 0) is 13.2 Å². The van der Waals surface area contributed by atoms with Gasteiger partial charge >= 0.3 is 12.2 Å². The van der Waals surface area contributed by atoms with Crippen LogP contribution in [-0.4, -0.2) is 45.9 Å². The molecule has 1 aliphatic heterocycles. The summed E-state index contributed by atoms with van der Waals surface area (Å²) in [5.74, 6) is 0.729.